The predicted octanol–water partition coefficient (Wildman–Crippen LogP) is 5.92. The zero-order valence-electron chi connectivity index (χ0n) is 55.3. The first-order chi connectivity index (χ1) is 43.9. The van der Waals surface area contributed by atoms with Gasteiger partial charge >= 0.3 is 15.6 Å². The molecule has 22 atom stereocenters. The van der Waals surface area contributed by atoms with Gasteiger partial charge in [0.25, 0.3) is 0 Å². The molecule has 1 amide bonds. The summed E-state index contributed by atoms with van der Waals surface area (Å²) in [7, 11) is -11.1. The molecule has 1 heterocycles. The number of aliphatic hydroxyl groups excluding tert-OH is 14. The molecule has 546 valence electrons. The van der Waals surface area contributed by atoms with E-state index < -0.39 is 157 Å². The molecule has 0 bridgehead atoms. The molecular weight excluding hydrogens is 1240 g/mol. The van der Waals surface area contributed by atoms with Crippen LogP contribution >= 0.6 is 15.6 Å². The van der Waals surface area contributed by atoms with Gasteiger partial charge in [-0.15, -0.1) is 0 Å². The first kappa shape index (κ1) is 85.3. The third-order valence-electron chi connectivity index (χ3n) is 18.4. The standard InChI is InChI=1S/C64H125NO25P2/c1-3-5-7-9-11-13-15-17-19-20-21-22-23-24-25-26-27-29-31-33-35-37-39-41-47(67)65-44(48(68)45(66)40-38-36-34-32-30-28-18-16-14-12-10-8-6-4-2)42-85-91(81,82)90-63-59(79)55(75)54(74)58(78)62(63)88-64-60(80)50(70)49(69)46(87-64)43-86-92(83,84)89-61-56(76)52(72)51(71)53(73)57(61)77/h44-46,48-64,66,68-80H,3-43H2,1-2H3,(H,65,67)(H,81,82)(H,83,84)/t44-,45+,46+,48-,49+,50?,51?,52+,53?,54?,55?,56?,57?,58+,59?,60?,61?,62?,63-,64+/m0/s1. The molecule has 26 nitrogen and oxygen atoms in total. The summed E-state index contributed by atoms with van der Waals surface area (Å²) >= 11 is 0. The minimum absolute atomic E-state index is 0.0214. The van der Waals surface area contributed by atoms with E-state index in [0.717, 1.165) is 64.2 Å². The number of rotatable bonds is 54. The maximum absolute atomic E-state index is 13.8. The number of nitrogens with one attached hydrogen (secondary N) is 1. The summed E-state index contributed by atoms with van der Waals surface area (Å²) in [4.78, 5) is 35.0. The van der Waals surface area contributed by atoms with Crippen molar-refractivity contribution in [1.29, 1.82) is 0 Å². The number of amides is 1. The van der Waals surface area contributed by atoms with Crippen LogP contribution in [0.5, 0.6) is 0 Å². The largest absolute Gasteiger partial charge is 0.472 e. The van der Waals surface area contributed by atoms with E-state index in [0.29, 0.717) is 12.8 Å². The highest BCUT2D eigenvalue weighted by molar-refractivity contribution is 7.47. The summed E-state index contributed by atoms with van der Waals surface area (Å²) in [6, 6.07) is -1.51. The molecule has 3 rings (SSSR count). The van der Waals surface area contributed by atoms with Gasteiger partial charge < -0.3 is 96.1 Å². The van der Waals surface area contributed by atoms with Gasteiger partial charge in [-0.05, 0) is 12.8 Å². The maximum Gasteiger partial charge on any atom is 0.472 e. The summed E-state index contributed by atoms with van der Waals surface area (Å²) in [5, 5.41) is 152. The second-order valence-electron chi connectivity index (χ2n) is 26.3. The first-order valence-electron chi connectivity index (χ1n) is 35.3. The van der Waals surface area contributed by atoms with Crippen LogP contribution in [0.4, 0.5) is 0 Å². The Hall–Kier alpha value is -0.950. The van der Waals surface area contributed by atoms with Gasteiger partial charge in [-0.1, -0.05) is 245 Å². The van der Waals surface area contributed by atoms with E-state index in [2.05, 4.69) is 19.2 Å². The first-order valence-corrected chi connectivity index (χ1v) is 38.3. The lowest BCUT2D eigenvalue weighted by Crippen LogP contribution is -2.67. The average molecular weight is 1370 g/mol. The Labute approximate surface area is 547 Å². The van der Waals surface area contributed by atoms with Crippen molar-refractivity contribution in [3.05, 3.63) is 0 Å². The van der Waals surface area contributed by atoms with Crippen LogP contribution in [0.2, 0.25) is 0 Å². The van der Waals surface area contributed by atoms with Crippen LogP contribution in [-0.2, 0) is 41.5 Å². The summed E-state index contributed by atoms with van der Waals surface area (Å²) in [6.45, 7) is 2.23. The Bertz CT molecular complexity index is 1960. The second kappa shape index (κ2) is 47.9. The highest BCUT2D eigenvalue weighted by Crippen LogP contribution is 2.49. The Morgan fingerprint density at radius 2 is 0.717 bits per heavy atom. The second-order valence-corrected chi connectivity index (χ2v) is 29.2. The third kappa shape index (κ3) is 32.4. The minimum Gasteiger partial charge on any atom is -0.390 e. The number of phosphoric acid groups is 2. The summed E-state index contributed by atoms with van der Waals surface area (Å²) in [5.74, 6) is -0.548. The number of aliphatic hydroxyl groups is 14. The van der Waals surface area contributed by atoms with Crippen LogP contribution in [0.25, 0.3) is 0 Å². The van der Waals surface area contributed by atoms with Gasteiger partial charge in [-0.2, -0.15) is 0 Å². The van der Waals surface area contributed by atoms with Gasteiger partial charge in [0.15, 0.2) is 6.29 Å². The van der Waals surface area contributed by atoms with Crippen molar-refractivity contribution in [3.63, 3.8) is 0 Å². The molecule has 92 heavy (non-hydrogen) atoms. The number of hydrogen-bond acceptors (Lipinski definition) is 23. The fourth-order valence-electron chi connectivity index (χ4n) is 12.4. The monoisotopic (exact) mass is 1370 g/mol. The third-order valence-corrected chi connectivity index (χ3v) is 20.4. The van der Waals surface area contributed by atoms with Crippen LogP contribution in [0, 0.1) is 0 Å². The lowest BCUT2D eigenvalue weighted by atomic mass is 9.84. The topological polar surface area (TPSA) is 442 Å². The smallest absolute Gasteiger partial charge is 0.390 e. The molecule has 2 aliphatic carbocycles. The van der Waals surface area contributed by atoms with Crippen LogP contribution in [0.15, 0.2) is 0 Å². The van der Waals surface area contributed by atoms with Crippen LogP contribution in [0.1, 0.15) is 264 Å². The van der Waals surface area contributed by atoms with Gasteiger partial charge in [0.1, 0.15) is 104 Å². The van der Waals surface area contributed by atoms with Crippen molar-refractivity contribution in [2.75, 3.05) is 13.2 Å². The van der Waals surface area contributed by atoms with Crippen molar-refractivity contribution >= 4 is 21.6 Å². The highest BCUT2D eigenvalue weighted by atomic mass is 31.2. The van der Waals surface area contributed by atoms with E-state index in [1.54, 1.807) is 0 Å². The Kier molecular flexibility index (Phi) is 44.4. The van der Waals surface area contributed by atoms with E-state index in [9.17, 15) is 95.2 Å². The van der Waals surface area contributed by atoms with Gasteiger partial charge in [0.2, 0.25) is 5.91 Å². The molecule has 0 spiro atoms. The number of unbranched alkanes of at least 4 members (excludes halogenated alkanes) is 35. The molecule has 0 aromatic rings. The lowest BCUT2D eigenvalue weighted by Gasteiger charge is -2.47. The van der Waals surface area contributed by atoms with E-state index >= 15 is 0 Å². The summed E-state index contributed by atoms with van der Waals surface area (Å²) in [5.41, 5.74) is 0. The predicted molar refractivity (Wildman–Crippen MR) is 342 cm³/mol. The zero-order chi connectivity index (χ0) is 68.1. The number of ether oxygens (including phenoxy) is 2. The molecule has 3 aliphatic rings. The van der Waals surface area contributed by atoms with Crippen LogP contribution in [-0.4, -0.2) is 223 Å². The van der Waals surface area contributed by atoms with Crippen molar-refractivity contribution in [1.82, 2.24) is 5.32 Å². The molecule has 2 saturated carbocycles. The summed E-state index contributed by atoms with van der Waals surface area (Å²) in [6.07, 6.45) is 2.08. The molecule has 1 saturated heterocycles. The fourth-order valence-corrected chi connectivity index (χ4v) is 14.3. The maximum atomic E-state index is 13.8. The molecule has 1 aliphatic heterocycles. The molecule has 0 radical (unpaired) electrons. The van der Waals surface area contributed by atoms with Crippen LogP contribution < -0.4 is 5.32 Å². The number of hydrogen-bond donors (Lipinski definition) is 17. The fraction of sp³-hybridized carbons (Fsp3) is 0.984. The van der Waals surface area contributed by atoms with Gasteiger partial charge in [0.05, 0.1) is 25.4 Å². The molecule has 3 fully saturated rings. The molecular formula is C64H125NO25P2. The van der Waals surface area contributed by atoms with E-state index in [1.165, 1.54) is 161 Å². The number of phosphoric ester groups is 2. The van der Waals surface area contributed by atoms with Crippen molar-refractivity contribution in [2.24, 2.45) is 0 Å². The van der Waals surface area contributed by atoms with Gasteiger partial charge in [-0.25, -0.2) is 9.13 Å². The number of carbonyl (C=O) groups is 1. The quantitative estimate of drug-likeness (QED) is 0.0248. The van der Waals surface area contributed by atoms with Crippen LogP contribution in [0.3, 0.4) is 0 Å². The Balaban J connectivity index is 1.56. The average Bonchev–Trinajstić information content (AvgIpc) is 0.790. The normalized spacial score (nSPS) is 31.0. The highest BCUT2D eigenvalue weighted by Gasteiger charge is 2.56. The Morgan fingerprint density at radius 1 is 0.402 bits per heavy atom. The van der Waals surface area contributed by atoms with Gasteiger partial charge in [0, 0.05) is 6.42 Å². The van der Waals surface area contributed by atoms with E-state index in [4.69, 9.17) is 27.6 Å². The Morgan fingerprint density at radius 3 is 1.12 bits per heavy atom. The minimum atomic E-state index is -5.61. The number of carbonyl (C=O) groups excluding carboxylic acids is 1. The SMILES string of the molecule is CCCCCCCCCCCCCCCCCCCCCCCCCC(=O)N[C@@H](COP(=O)(O)O[C@H]1C(O)C(O)C(O)[C@@H](O)C1O[C@H]1O[C@H](COP(=O)(O)OC2C(O)C(O)C(O)[C@@H](O)C2O)[C@@H](O)C(O)C1O)[C@H](O)[C@H](O)CCCCCCCCCCCCCCCC. The molecule has 28 heteroatoms. The molecule has 17 N–H and O–H groups in total. The van der Waals surface area contributed by atoms with Crippen molar-refractivity contribution in [3.8, 4) is 0 Å². The lowest BCUT2D eigenvalue weighted by molar-refractivity contribution is -0.337. The zero-order valence-corrected chi connectivity index (χ0v) is 57.1. The van der Waals surface area contributed by atoms with E-state index in [-0.39, 0.29) is 12.8 Å². The molecule has 13 unspecified atom stereocenters. The van der Waals surface area contributed by atoms with E-state index in [1.807, 2.05) is 0 Å². The van der Waals surface area contributed by atoms with Crippen molar-refractivity contribution < 1.29 is 123 Å². The van der Waals surface area contributed by atoms with Crippen molar-refractivity contribution in [2.45, 2.75) is 386 Å². The molecule has 0 aromatic carbocycles. The van der Waals surface area contributed by atoms with Gasteiger partial charge in [-0.3, -0.25) is 22.9 Å². The molecule has 0 aromatic heterocycles. The summed E-state index contributed by atoms with van der Waals surface area (Å²) < 4.78 is 57.9.